The molecule has 2 heteroatoms. The molecule has 0 aromatic carbocycles. The van der Waals surface area contributed by atoms with Crippen molar-refractivity contribution in [1.29, 1.82) is 0 Å². The molecular weight excluding hydrogens is 202 g/mol. The molecule has 0 heterocycles. The first-order chi connectivity index (χ1) is 7.20. The Morgan fingerprint density at radius 3 is 2.40 bits per heavy atom. The normalized spacial score (nSPS) is 13.4. The molecule has 15 heavy (non-hydrogen) atoms. The van der Waals surface area contributed by atoms with Crippen molar-refractivity contribution in [3.63, 3.8) is 0 Å². The Morgan fingerprint density at radius 1 is 1.13 bits per heavy atom. The third kappa shape index (κ3) is 10.6. The van der Waals surface area contributed by atoms with Gasteiger partial charge in [-0.05, 0) is 31.1 Å². The topological polar surface area (TPSA) is 12.0 Å². The van der Waals surface area contributed by atoms with E-state index in [0.717, 1.165) is 18.5 Å². The largest absolute Gasteiger partial charge is 0.313 e. The molecule has 92 valence electrons. The minimum Gasteiger partial charge on any atom is -0.313 e. The zero-order chi connectivity index (χ0) is 11.5. The third-order valence-electron chi connectivity index (χ3n) is 2.49. The lowest BCUT2D eigenvalue weighted by Crippen LogP contribution is -2.31. The first kappa shape index (κ1) is 15.3. The fourth-order valence-corrected chi connectivity index (χ4v) is 2.70. The summed E-state index contributed by atoms with van der Waals surface area (Å²) in [5, 5.41) is 3.59. The van der Waals surface area contributed by atoms with E-state index < -0.39 is 0 Å². The summed E-state index contributed by atoms with van der Waals surface area (Å²) in [5.74, 6) is 3.46. The highest BCUT2D eigenvalue weighted by Gasteiger charge is 2.07. The zero-order valence-corrected chi connectivity index (χ0v) is 11.8. The van der Waals surface area contributed by atoms with Gasteiger partial charge in [-0.25, -0.2) is 0 Å². The van der Waals surface area contributed by atoms with Gasteiger partial charge in [-0.2, -0.15) is 11.8 Å². The Morgan fingerprint density at radius 2 is 1.87 bits per heavy atom. The SMILES string of the molecule is CCCSCC(CCCC(C)C)NCC. The van der Waals surface area contributed by atoms with Gasteiger partial charge in [0.05, 0.1) is 0 Å². The average Bonchev–Trinajstić information content (AvgIpc) is 2.17. The molecule has 1 unspecified atom stereocenters. The van der Waals surface area contributed by atoms with E-state index in [0.29, 0.717) is 0 Å². The van der Waals surface area contributed by atoms with E-state index in [1.54, 1.807) is 0 Å². The summed E-state index contributed by atoms with van der Waals surface area (Å²) in [6, 6.07) is 0.741. The minimum absolute atomic E-state index is 0.741. The number of hydrogen-bond acceptors (Lipinski definition) is 2. The predicted octanol–water partition coefficient (Wildman–Crippen LogP) is 3.93. The molecule has 0 fully saturated rings. The van der Waals surface area contributed by atoms with Gasteiger partial charge in [0.1, 0.15) is 0 Å². The lowest BCUT2D eigenvalue weighted by atomic mass is 10.0. The summed E-state index contributed by atoms with van der Waals surface area (Å²) >= 11 is 2.10. The summed E-state index contributed by atoms with van der Waals surface area (Å²) in [6.07, 6.45) is 5.40. The summed E-state index contributed by atoms with van der Waals surface area (Å²) in [7, 11) is 0. The van der Waals surface area contributed by atoms with Crippen molar-refractivity contribution < 1.29 is 0 Å². The zero-order valence-electron chi connectivity index (χ0n) is 11.0. The van der Waals surface area contributed by atoms with Crippen LogP contribution in [0, 0.1) is 5.92 Å². The number of nitrogens with one attached hydrogen (secondary N) is 1. The third-order valence-corrected chi connectivity index (χ3v) is 3.83. The van der Waals surface area contributed by atoms with Crippen molar-refractivity contribution in [2.75, 3.05) is 18.1 Å². The summed E-state index contributed by atoms with van der Waals surface area (Å²) < 4.78 is 0. The molecule has 1 N–H and O–H groups in total. The van der Waals surface area contributed by atoms with Crippen LogP contribution < -0.4 is 5.32 Å². The quantitative estimate of drug-likeness (QED) is 0.572. The van der Waals surface area contributed by atoms with Crippen LogP contribution in [0.15, 0.2) is 0 Å². The van der Waals surface area contributed by atoms with E-state index in [1.807, 2.05) is 0 Å². The van der Waals surface area contributed by atoms with E-state index >= 15 is 0 Å². The van der Waals surface area contributed by atoms with Gasteiger partial charge >= 0.3 is 0 Å². The Kier molecular flexibility index (Phi) is 11.0. The lowest BCUT2D eigenvalue weighted by Gasteiger charge is -2.17. The van der Waals surface area contributed by atoms with Crippen LogP contribution in [-0.4, -0.2) is 24.1 Å². The van der Waals surface area contributed by atoms with Crippen molar-refractivity contribution in [2.24, 2.45) is 5.92 Å². The highest BCUT2D eigenvalue weighted by molar-refractivity contribution is 7.99. The maximum atomic E-state index is 3.59. The molecule has 0 aliphatic heterocycles. The fourth-order valence-electron chi connectivity index (χ4n) is 1.68. The minimum atomic E-state index is 0.741. The van der Waals surface area contributed by atoms with Gasteiger partial charge in [-0.1, -0.05) is 40.5 Å². The smallest absolute Gasteiger partial charge is 0.0158 e. The summed E-state index contributed by atoms with van der Waals surface area (Å²) in [5.41, 5.74) is 0. The van der Waals surface area contributed by atoms with Gasteiger partial charge in [0.2, 0.25) is 0 Å². The van der Waals surface area contributed by atoms with Crippen LogP contribution in [0.2, 0.25) is 0 Å². The van der Waals surface area contributed by atoms with Crippen LogP contribution in [0.4, 0.5) is 0 Å². The summed E-state index contributed by atoms with van der Waals surface area (Å²) in [4.78, 5) is 0. The molecule has 0 saturated heterocycles. The van der Waals surface area contributed by atoms with E-state index in [2.05, 4.69) is 44.8 Å². The molecular formula is C13H29NS. The molecule has 0 radical (unpaired) electrons. The van der Waals surface area contributed by atoms with E-state index in [9.17, 15) is 0 Å². The molecule has 0 rings (SSSR count). The van der Waals surface area contributed by atoms with Crippen molar-refractivity contribution in [3.05, 3.63) is 0 Å². The Bertz CT molecular complexity index is 126. The molecule has 0 bridgehead atoms. The van der Waals surface area contributed by atoms with Crippen molar-refractivity contribution >= 4 is 11.8 Å². The number of rotatable bonds is 10. The standard InChI is InChI=1S/C13H29NS/c1-5-10-15-11-13(14-6-2)9-7-8-12(3)4/h12-14H,5-11H2,1-4H3. The average molecular weight is 231 g/mol. The fraction of sp³-hybridized carbons (Fsp3) is 1.00. The molecule has 1 nitrogen and oxygen atoms in total. The Balaban J connectivity index is 3.53. The first-order valence-electron chi connectivity index (χ1n) is 6.51. The van der Waals surface area contributed by atoms with Crippen molar-refractivity contribution in [3.8, 4) is 0 Å². The molecule has 0 aromatic heterocycles. The molecule has 0 aliphatic rings. The van der Waals surface area contributed by atoms with Crippen LogP contribution in [0.25, 0.3) is 0 Å². The lowest BCUT2D eigenvalue weighted by molar-refractivity contribution is 0.469. The first-order valence-corrected chi connectivity index (χ1v) is 7.67. The molecule has 0 aliphatic carbocycles. The van der Waals surface area contributed by atoms with Gasteiger partial charge in [0, 0.05) is 11.8 Å². The van der Waals surface area contributed by atoms with Crippen LogP contribution in [0.5, 0.6) is 0 Å². The maximum absolute atomic E-state index is 3.59. The van der Waals surface area contributed by atoms with Crippen molar-refractivity contribution in [2.45, 2.75) is 59.4 Å². The van der Waals surface area contributed by atoms with Gasteiger partial charge in [0.15, 0.2) is 0 Å². The van der Waals surface area contributed by atoms with Crippen LogP contribution in [0.1, 0.15) is 53.4 Å². The molecule has 0 saturated carbocycles. The van der Waals surface area contributed by atoms with Crippen LogP contribution in [-0.2, 0) is 0 Å². The number of thioether (sulfide) groups is 1. The van der Waals surface area contributed by atoms with Gasteiger partial charge < -0.3 is 5.32 Å². The van der Waals surface area contributed by atoms with Crippen LogP contribution in [0.3, 0.4) is 0 Å². The maximum Gasteiger partial charge on any atom is 0.0158 e. The van der Waals surface area contributed by atoms with Gasteiger partial charge in [-0.3, -0.25) is 0 Å². The predicted molar refractivity (Wildman–Crippen MR) is 73.8 cm³/mol. The molecule has 0 aromatic rings. The number of hydrogen-bond donors (Lipinski definition) is 1. The second-order valence-electron chi connectivity index (χ2n) is 4.65. The highest BCUT2D eigenvalue weighted by Crippen LogP contribution is 2.12. The molecule has 1 atom stereocenters. The van der Waals surface area contributed by atoms with Gasteiger partial charge in [-0.15, -0.1) is 0 Å². The highest BCUT2D eigenvalue weighted by atomic mass is 32.2. The summed E-state index contributed by atoms with van der Waals surface area (Å²) in [6.45, 7) is 10.2. The van der Waals surface area contributed by atoms with E-state index in [4.69, 9.17) is 0 Å². The molecule has 0 spiro atoms. The van der Waals surface area contributed by atoms with E-state index in [-0.39, 0.29) is 0 Å². The second-order valence-corrected chi connectivity index (χ2v) is 5.80. The second kappa shape index (κ2) is 10.8. The van der Waals surface area contributed by atoms with Gasteiger partial charge in [0.25, 0.3) is 0 Å². The van der Waals surface area contributed by atoms with Crippen LogP contribution >= 0.6 is 11.8 Å². The van der Waals surface area contributed by atoms with E-state index in [1.165, 1.54) is 37.2 Å². The Labute approximate surface area is 101 Å². The monoisotopic (exact) mass is 231 g/mol. The Hall–Kier alpha value is 0.310. The van der Waals surface area contributed by atoms with Crippen molar-refractivity contribution in [1.82, 2.24) is 5.32 Å². The molecule has 0 amide bonds.